The first-order valence-corrected chi connectivity index (χ1v) is 8.66. The van der Waals surface area contributed by atoms with Gasteiger partial charge in [0.15, 0.2) is 0 Å². The monoisotopic (exact) mass is 386 g/mol. The molecule has 1 aliphatic rings. The molecule has 1 heterocycles. The van der Waals surface area contributed by atoms with E-state index in [0.29, 0.717) is 17.6 Å². The number of nitrogens with zero attached hydrogens (tertiary/aromatic N) is 1. The summed E-state index contributed by atoms with van der Waals surface area (Å²) in [6, 6.07) is 3.29. The van der Waals surface area contributed by atoms with E-state index < -0.39 is 5.60 Å². The lowest BCUT2D eigenvalue weighted by Crippen LogP contribution is -2.42. The molecule has 2 rings (SSSR count). The number of hydrogen-bond acceptors (Lipinski definition) is 3. The summed E-state index contributed by atoms with van der Waals surface area (Å²) in [6.07, 6.45) is 1.60. The van der Waals surface area contributed by atoms with Crippen molar-refractivity contribution >= 4 is 27.7 Å². The Hall–Kier alpha value is -1.30. The number of ether oxygens (including phenoxy) is 1. The van der Waals surface area contributed by atoms with Crippen LogP contribution in [0.3, 0.4) is 0 Å². The third-order valence-corrected chi connectivity index (χ3v) is 4.41. The zero-order chi connectivity index (χ0) is 17.2. The number of anilines is 1. The quantitative estimate of drug-likeness (QED) is 0.817. The summed E-state index contributed by atoms with van der Waals surface area (Å²) < 4.78 is 19.6. The molecule has 0 aliphatic carbocycles. The Morgan fingerprint density at radius 1 is 1.48 bits per heavy atom. The highest BCUT2D eigenvalue weighted by Gasteiger charge is 2.32. The molecule has 1 fully saturated rings. The average molecular weight is 387 g/mol. The van der Waals surface area contributed by atoms with Crippen molar-refractivity contribution in [2.45, 2.75) is 52.2 Å². The van der Waals surface area contributed by atoms with Gasteiger partial charge in [0.2, 0.25) is 0 Å². The van der Waals surface area contributed by atoms with Gasteiger partial charge in [-0.2, -0.15) is 0 Å². The number of aryl methyl sites for hydroxylation is 1. The molecule has 0 aromatic heterocycles. The molecule has 0 saturated carbocycles. The summed E-state index contributed by atoms with van der Waals surface area (Å²) in [5, 5.41) is 3.26. The van der Waals surface area contributed by atoms with E-state index in [1.165, 1.54) is 6.07 Å². The molecule has 0 spiro atoms. The fourth-order valence-electron chi connectivity index (χ4n) is 2.67. The summed E-state index contributed by atoms with van der Waals surface area (Å²) in [5.41, 5.74) is 1.21. The van der Waals surface area contributed by atoms with Gasteiger partial charge in [0, 0.05) is 18.8 Å². The van der Waals surface area contributed by atoms with Crippen molar-refractivity contribution in [2.24, 2.45) is 0 Å². The van der Waals surface area contributed by atoms with E-state index in [1.807, 2.05) is 27.7 Å². The summed E-state index contributed by atoms with van der Waals surface area (Å²) in [4.78, 5) is 14.0. The Balaban J connectivity index is 1.99. The molecule has 0 radical (unpaired) electrons. The van der Waals surface area contributed by atoms with Gasteiger partial charge in [0.25, 0.3) is 0 Å². The second-order valence-corrected chi connectivity index (χ2v) is 7.79. The molecule has 128 valence electrons. The first kappa shape index (κ1) is 18.0. The minimum absolute atomic E-state index is 0.0657. The van der Waals surface area contributed by atoms with Crippen LogP contribution in [-0.2, 0) is 4.74 Å². The maximum absolute atomic E-state index is 13.7. The van der Waals surface area contributed by atoms with Crippen molar-refractivity contribution in [1.29, 1.82) is 0 Å². The Bertz CT molecular complexity index is 587. The van der Waals surface area contributed by atoms with Crippen molar-refractivity contribution in [1.82, 2.24) is 4.90 Å². The van der Waals surface area contributed by atoms with Gasteiger partial charge in [-0.1, -0.05) is 0 Å². The molecule has 6 heteroatoms. The SMILES string of the molecule is Cc1cc(Br)c(F)cc1NCC1CCCN1C(=O)OC(C)(C)C. The van der Waals surface area contributed by atoms with E-state index in [0.717, 1.165) is 24.1 Å². The van der Waals surface area contributed by atoms with E-state index >= 15 is 0 Å². The summed E-state index contributed by atoms with van der Waals surface area (Å²) >= 11 is 3.18. The number of amides is 1. The summed E-state index contributed by atoms with van der Waals surface area (Å²) in [5.74, 6) is -0.298. The fourth-order valence-corrected chi connectivity index (χ4v) is 3.13. The van der Waals surface area contributed by atoms with Crippen molar-refractivity contribution < 1.29 is 13.9 Å². The van der Waals surface area contributed by atoms with Gasteiger partial charge >= 0.3 is 6.09 Å². The van der Waals surface area contributed by atoms with E-state index in [-0.39, 0.29) is 18.0 Å². The van der Waals surface area contributed by atoms with Crippen LogP contribution >= 0.6 is 15.9 Å². The molecule has 1 atom stereocenters. The lowest BCUT2D eigenvalue weighted by Gasteiger charge is -2.29. The number of rotatable bonds is 3. The van der Waals surface area contributed by atoms with Crippen LogP contribution in [0.2, 0.25) is 0 Å². The van der Waals surface area contributed by atoms with Gasteiger partial charge < -0.3 is 15.0 Å². The van der Waals surface area contributed by atoms with Crippen LogP contribution in [0, 0.1) is 12.7 Å². The highest BCUT2D eigenvalue weighted by molar-refractivity contribution is 9.10. The van der Waals surface area contributed by atoms with Gasteiger partial charge in [0.1, 0.15) is 11.4 Å². The number of benzene rings is 1. The van der Waals surface area contributed by atoms with Gasteiger partial charge in [-0.15, -0.1) is 0 Å². The van der Waals surface area contributed by atoms with E-state index in [1.54, 1.807) is 11.0 Å². The molecule has 1 aromatic carbocycles. The van der Waals surface area contributed by atoms with E-state index in [9.17, 15) is 9.18 Å². The fraction of sp³-hybridized carbons (Fsp3) is 0.588. The molecule has 1 aliphatic heterocycles. The third kappa shape index (κ3) is 4.83. The van der Waals surface area contributed by atoms with Crippen molar-refractivity contribution in [3.8, 4) is 0 Å². The van der Waals surface area contributed by atoms with Gasteiger partial charge in [-0.05, 0) is 74.2 Å². The lowest BCUT2D eigenvalue weighted by atomic mass is 10.1. The Morgan fingerprint density at radius 3 is 2.83 bits per heavy atom. The lowest BCUT2D eigenvalue weighted by molar-refractivity contribution is 0.0235. The second-order valence-electron chi connectivity index (χ2n) is 6.93. The van der Waals surface area contributed by atoms with Gasteiger partial charge in [-0.25, -0.2) is 9.18 Å². The first-order valence-electron chi connectivity index (χ1n) is 7.86. The molecule has 4 nitrogen and oxygen atoms in total. The van der Waals surface area contributed by atoms with Crippen LogP contribution in [0.5, 0.6) is 0 Å². The molecule has 1 unspecified atom stereocenters. The summed E-state index contributed by atoms with van der Waals surface area (Å²) in [7, 11) is 0. The number of hydrogen-bond donors (Lipinski definition) is 1. The average Bonchev–Trinajstić information content (AvgIpc) is 2.88. The second kappa shape index (κ2) is 7.07. The van der Waals surface area contributed by atoms with Crippen molar-refractivity contribution in [2.75, 3.05) is 18.4 Å². The van der Waals surface area contributed by atoms with Crippen molar-refractivity contribution in [3.63, 3.8) is 0 Å². The normalized spacial score (nSPS) is 18.2. The van der Waals surface area contributed by atoms with Crippen molar-refractivity contribution in [3.05, 3.63) is 28.0 Å². The predicted octanol–water partition coefficient (Wildman–Crippen LogP) is 4.71. The zero-order valence-corrected chi connectivity index (χ0v) is 15.7. The molecule has 0 bridgehead atoms. The number of carbonyl (C=O) groups excluding carboxylic acids is 1. The van der Waals surface area contributed by atoms with E-state index in [2.05, 4.69) is 21.2 Å². The number of halogens is 2. The Kier molecular flexibility index (Phi) is 5.55. The number of likely N-dealkylation sites (tertiary alicyclic amines) is 1. The molecule has 1 saturated heterocycles. The molecule has 1 aromatic rings. The standard InChI is InChI=1S/C17H24BrFN2O2/c1-11-8-13(18)14(19)9-15(11)20-10-12-6-5-7-21(12)16(22)23-17(2,3)4/h8-9,12,20H,5-7,10H2,1-4H3. The maximum atomic E-state index is 13.7. The highest BCUT2D eigenvalue weighted by Crippen LogP contribution is 2.26. The zero-order valence-electron chi connectivity index (χ0n) is 14.1. The molecule has 1 N–H and O–H groups in total. The van der Waals surface area contributed by atoms with Crippen LogP contribution in [0.4, 0.5) is 14.9 Å². The van der Waals surface area contributed by atoms with Crippen LogP contribution in [0.1, 0.15) is 39.2 Å². The van der Waals surface area contributed by atoms with Gasteiger partial charge in [0.05, 0.1) is 10.5 Å². The number of carbonyl (C=O) groups is 1. The van der Waals surface area contributed by atoms with Crippen LogP contribution in [0.25, 0.3) is 0 Å². The highest BCUT2D eigenvalue weighted by atomic mass is 79.9. The first-order chi connectivity index (χ1) is 10.7. The molecular formula is C17H24BrFN2O2. The molecular weight excluding hydrogens is 363 g/mol. The van der Waals surface area contributed by atoms with Crippen LogP contribution in [-0.4, -0.2) is 35.7 Å². The van der Waals surface area contributed by atoms with Gasteiger partial charge in [-0.3, -0.25) is 0 Å². The number of nitrogens with one attached hydrogen (secondary N) is 1. The maximum Gasteiger partial charge on any atom is 0.410 e. The minimum Gasteiger partial charge on any atom is -0.444 e. The minimum atomic E-state index is -0.497. The molecule has 1 amide bonds. The van der Waals surface area contributed by atoms with Crippen LogP contribution < -0.4 is 5.32 Å². The smallest absolute Gasteiger partial charge is 0.410 e. The Labute approximate surface area is 145 Å². The van der Waals surface area contributed by atoms with Crippen LogP contribution in [0.15, 0.2) is 16.6 Å². The van der Waals surface area contributed by atoms with E-state index in [4.69, 9.17) is 4.74 Å². The largest absolute Gasteiger partial charge is 0.444 e. The summed E-state index contributed by atoms with van der Waals surface area (Å²) in [6.45, 7) is 8.80. The predicted molar refractivity (Wildman–Crippen MR) is 93.3 cm³/mol. The Morgan fingerprint density at radius 2 is 2.17 bits per heavy atom. The topological polar surface area (TPSA) is 41.6 Å². The molecule has 23 heavy (non-hydrogen) atoms. The third-order valence-electron chi connectivity index (χ3n) is 3.80.